The summed E-state index contributed by atoms with van der Waals surface area (Å²) in [6.07, 6.45) is 5.10. The second-order valence-corrected chi connectivity index (χ2v) is 6.92. The zero-order valence-corrected chi connectivity index (χ0v) is 16.5. The number of hydrogen-bond acceptors (Lipinski definition) is 8. The van der Waals surface area contributed by atoms with Crippen molar-refractivity contribution < 1.29 is 29.1 Å². The lowest BCUT2D eigenvalue weighted by Gasteiger charge is -2.23. The van der Waals surface area contributed by atoms with Crippen LogP contribution in [0.5, 0.6) is 5.75 Å². The number of amidine groups is 1. The van der Waals surface area contributed by atoms with Gasteiger partial charge in [-0.25, -0.2) is 4.79 Å². The summed E-state index contributed by atoms with van der Waals surface area (Å²) in [5.74, 6) is -1.83. The Morgan fingerprint density at radius 2 is 2.03 bits per heavy atom. The molecule has 2 atom stereocenters. The third-order valence-electron chi connectivity index (χ3n) is 4.90. The highest BCUT2D eigenvalue weighted by Gasteiger charge is 2.38. The van der Waals surface area contributed by atoms with Crippen molar-refractivity contribution in [2.75, 3.05) is 26.3 Å². The molecule has 0 fully saturated rings. The van der Waals surface area contributed by atoms with Gasteiger partial charge in [-0.3, -0.25) is 25.7 Å². The van der Waals surface area contributed by atoms with Crippen LogP contribution in [-0.4, -0.2) is 59.8 Å². The molecular weight excluding hydrogens is 390 g/mol. The summed E-state index contributed by atoms with van der Waals surface area (Å²) in [7, 11) is 0. The fraction of sp³-hybridized carbons (Fsp3) is 0.333. The fourth-order valence-corrected chi connectivity index (χ4v) is 3.40. The van der Waals surface area contributed by atoms with Crippen LogP contribution >= 0.6 is 0 Å². The number of benzene rings is 1. The molecule has 0 saturated heterocycles. The molecule has 2 aliphatic rings. The number of nitrogens with one attached hydrogen (secondary N) is 2. The molecule has 9 heteroatoms. The molecule has 0 spiro atoms. The van der Waals surface area contributed by atoms with E-state index in [4.69, 9.17) is 20.1 Å². The molecule has 1 aliphatic carbocycles. The number of nitrogens with zero attached hydrogens (tertiary/aromatic N) is 1. The van der Waals surface area contributed by atoms with Crippen LogP contribution in [0, 0.1) is 17.2 Å². The second-order valence-electron chi connectivity index (χ2n) is 6.92. The zero-order valence-electron chi connectivity index (χ0n) is 16.5. The molecular formula is C21H23N3O6. The van der Waals surface area contributed by atoms with E-state index >= 15 is 0 Å². The highest BCUT2D eigenvalue weighted by Crippen LogP contribution is 2.31. The largest absolute Gasteiger partial charge is 0.482 e. The van der Waals surface area contributed by atoms with E-state index in [2.05, 4.69) is 0 Å². The molecule has 158 valence electrons. The third kappa shape index (κ3) is 4.74. The molecule has 30 heavy (non-hydrogen) atoms. The first-order valence-corrected chi connectivity index (χ1v) is 9.50. The first kappa shape index (κ1) is 21.3. The first-order chi connectivity index (χ1) is 14.4. The number of ketones is 2. The summed E-state index contributed by atoms with van der Waals surface area (Å²) in [5, 5.41) is 16.5. The standard InChI is InChI=1S/C21H23N3O6/c1-2-29-19(26)12-30-15-6-3-13(4-7-15)18(25)11-24-9-14-5-8-16(21(22)23-28)20(27)17(14)10-24/h3-9,16-17,28H,2,10-12H2,1H3,(H2,22,23). The van der Waals surface area contributed by atoms with Gasteiger partial charge in [-0.15, -0.1) is 0 Å². The SMILES string of the molecule is CCOC(=O)COc1ccc(C(=O)CN2C=C3C=CC(C(=N)NO)C(=O)C3C2)cc1. The van der Waals surface area contributed by atoms with E-state index in [1.165, 1.54) is 0 Å². The normalized spacial score (nSPS) is 19.7. The number of Topliss-reactive ketones (excluding diaryl/α,β-unsaturated/α-hetero) is 2. The maximum Gasteiger partial charge on any atom is 0.344 e. The molecule has 1 aromatic rings. The Morgan fingerprint density at radius 3 is 2.70 bits per heavy atom. The summed E-state index contributed by atoms with van der Waals surface area (Å²) < 4.78 is 10.1. The highest BCUT2D eigenvalue weighted by molar-refractivity contribution is 6.07. The summed E-state index contributed by atoms with van der Waals surface area (Å²) in [4.78, 5) is 38.3. The van der Waals surface area contributed by atoms with Crippen LogP contribution in [0.15, 0.2) is 48.2 Å². The Labute approximate surface area is 173 Å². The number of carbonyl (C=O) groups excluding carboxylic acids is 3. The van der Waals surface area contributed by atoms with Crippen LogP contribution in [0.4, 0.5) is 0 Å². The minimum absolute atomic E-state index is 0.102. The molecule has 0 amide bonds. The number of ether oxygens (including phenoxy) is 2. The fourth-order valence-electron chi connectivity index (χ4n) is 3.40. The van der Waals surface area contributed by atoms with E-state index in [9.17, 15) is 14.4 Å². The molecule has 0 radical (unpaired) electrons. The number of hydrogen-bond donors (Lipinski definition) is 3. The van der Waals surface area contributed by atoms with Gasteiger partial charge < -0.3 is 14.4 Å². The van der Waals surface area contributed by atoms with Gasteiger partial charge in [-0.1, -0.05) is 12.2 Å². The van der Waals surface area contributed by atoms with Crippen molar-refractivity contribution in [1.82, 2.24) is 10.4 Å². The van der Waals surface area contributed by atoms with E-state index in [0.717, 1.165) is 5.57 Å². The molecule has 0 bridgehead atoms. The van der Waals surface area contributed by atoms with E-state index in [1.54, 1.807) is 59.9 Å². The molecule has 1 aliphatic heterocycles. The maximum absolute atomic E-state index is 12.6. The van der Waals surface area contributed by atoms with Crippen molar-refractivity contribution in [2.24, 2.45) is 11.8 Å². The number of carbonyl (C=O) groups is 3. The van der Waals surface area contributed by atoms with Crippen LogP contribution in [0.2, 0.25) is 0 Å². The topological polar surface area (TPSA) is 129 Å². The van der Waals surface area contributed by atoms with Crippen LogP contribution in [0.3, 0.4) is 0 Å². The van der Waals surface area contributed by atoms with Crippen LogP contribution in [0.1, 0.15) is 17.3 Å². The van der Waals surface area contributed by atoms with Gasteiger partial charge >= 0.3 is 5.97 Å². The number of hydroxylamine groups is 1. The van der Waals surface area contributed by atoms with Crippen molar-refractivity contribution in [3.8, 4) is 5.75 Å². The quantitative estimate of drug-likeness (QED) is 0.191. The molecule has 1 aromatic carbocycles. The molecule has 0 aromatic heterocycles. The van der Waals surface area contributed by atoms with Crippen LogP contribution in [-0.2, 0) is 14.3 Å². The minimum Gasteiger partial charge on any atom is -0.482 e. The number of rotatable bonds is 8. The van der Waals surface area contributed by atoms with Crippen LogP contribution in [0.25, 0.3) is 0 Å². The van der Waals surface area contributed by atoms with E-state index in [0.29, 0.717) is 17.9 Å². The van der Waals surface area contributed by atoms with Crippen molar-refractivity contribution in [3.05, 3.63) is 53.8 Å². The Kier molecular flexibility index (Phi) is 6.63. The summed E-state index contributed by atoms with van der Waals surface area (Å²) in [6, 6.07) is 6.46. The molecule has 2 unspecified atom stereocenters. The van der Waals surface area contributed by atoms with Gasteiger partial charge in [0.05, 0.1) is 25.0 Å². The van der Waals surface area contributed by atoms with Gasteiger partial charge in [0.1, 0.15) is 11.6 Å². The average molecular weight is 413 g/mol. The van der Waals surface area contributed by atoms with Gasteiger partial charge in [0.15, 0.2) is 18.2 Å². The van der Waals surface area contributed by atoms with Gasteiger partial charge in [-0.05, 0) is 36.8 Å². The summed E-state index contributed by atoms with van der Waals surface area (Å²) in [6.45, 7) is 2.25. The van der Waals surface area contributed by atoms with Crippen molar-refractivity contribution >= 4 is 23.4 Å². The molecule has 0 saturated carbocycles. The maximum atomic E-state index is 12.6. The lowest BCUT2D eigenvalue weighted by molar-refractivity contribution is -0.145. The number of fused-ring (bicyclic) bond motifs is 1. The van der Waals surface area contributed by atoms with Crippen LogP contribution < -0.4 is 10.2 Å². The smallest absolute Gasteiger partial charge is 0.344 e. The van der Waals surface area contributed by atoms with Gasteiger partial charge in [0, 0.05) is 18.3 Å². The Hall–Kier alpha value is -3.46. The van der Waals surface area contributed by atoms with E-state index in [-0.39, 0.29) is 37.2 Å². The molecule has 3 N–H and O–H groups in total. The van der Waals surface area contributed by atoms with Crippen molar-refractivity contribution in [3.63, 3.8) is 0 Å². The number of esters is 1. The van der Waals surface area contributed by atoms with Crippen molar-refractivity contribution in [2.45, 2.75) is 6.92 Å². The Morgan fingerprint density at radius 1 is 1.30 bits per heavy atom. The highest BCUT2D eigenvalue weighted by atomic mass is 16.6. The number of allylic oxidation sites excluding steroid dienone is 1. The van der Waals surface area contributed by atoms with Gasteiger partial charge in [-0.2, -0.15) is 0 Å². The van der Waals surface area contributed by atoms with Gasteiger partial charge in [0.25, 0.3) is 0 Å². The average Bonchev–Trinajstić information content (AvgIpc) is 3.16. The second kappa shape index (κ2) is 9.36. The third-order valence-corrected chi connectivity index (χ3v) is 4.90. The molecule has 3 rings (SSSR count). The molecule has 9 nitrogen and oxygen atoms in total. The predicted molar refractivity (Wildman–Crippen MR) is 106 cm³/mol. The molecule has 1 heterocycles. The summed E-state index contributed by atoms with van der Waals surface area (Å²) in [5.41, 5.74) is 3.00. The monoisotopic (exact) mass is 413 g/mol. The van der Waals surface area contributed by atoms with E-state index in [1.807, 2.05) is 0 Å². The van der Waals surface area contributed by atoms with Crippen molar-refractivity contribution in [1.29, 1.82) is 5.41 Å². The minimum atomic E-state index is -0.810. The summed E-state index contributed by atoms with van der Waals surface area (Å²) >= 11 is 0. The lowest BCUT2D eigenvalue weighted by atomic mass is 9.83. The van der Waals surface area contributed by atoms with E-state index < -0.39 is 17.8 Å². The van der Waals surface area contributed by atoms with Gasteiger partial charge in [0.2, 0.25) is 0 Å². The zero-order chi connectivity index (χ0) is 21.7. The predicted octanol–water partition coefficient (Wildman–Crippen LogP) is 1.34. The Bertz CT molecular complexity index is 906. The lowest BCUT2D eigenvalue weighted by Crippen LogP contribution is -2.39. The Balaban J connectivity index is 1.56. The first-order valence-electron chi connectivity index (χ1n) is 9.50.